The summed E-state index contributed by atoms with van der Waals surface area (Å²) in [6, 6.07) is 0. The van der Waals surface area contributed by atoms with Gasteiger partial charge in [-0.15, -0.1) is 0 Å². The molecule has 2 N–H and O–H groups in total. The third-order valence-electron chi connectivity index (χ3n) is 1.34. The summed E-state index contributed by atoms with van der Waals surface area (Å²) < 4.78 is 0. The summed E-state index contributed by atoms with van der Waals surface area (Å²) in [5.41, 5.74) is 0. The van der Waals surface area contributed by atoms with Crippen LogP contribution in [-0.4, -0.2) is 40.9 Å². The Kier molecular flexibility index (Phi) is 11.1. The summed E-state index contributed by atoms with van der Waals surface area (Å²) in [6.07, 6.45) is -0.287. The molecule has 0 aliphatic carbocycles. The Hall–Kier alpha value is -0.610. The van der Waals surface area contributed by atoms with Crippen LogP contribution in [0.4, 0.5) is 0 Å². The van der Waals surface area contributed by atoms with Gasteiger partial charge >= 0.3 is 0 Å². The van der Waals surface area contributed by atoms with E-state index >= 15 is 0 Å². The average molecular weight is 163 g/mol. The van der Waals surface area contributed by atoms with Crippen molar-refractivity contribution in [3.8, 4) is 0 Å². The fourth-order valence-electron chi connectivity index (χ4n) is 0.752. The third-order valence-corrected chi connectivity index (χ3v) is 1.34. The van der Waals surface area contributed by atoms with E-state index in [4.69, 9.17) is 15.0 Å². The fourth-order valence-corrected chi connectivity index (χ4v) is 0.752. The smallest absolute Gasteiger partial charge is 0.290 e. The lowest BCUT2D eigenvalue weighted by molar-refractivity contribution is -0.122. The highest BCUT2D eigenvalue weighted by Crippen LogP contribution is 1.91. The molecule has 4 nitrogen and oxygen atoms in total. The average Bonchev–Trinajstić information content (AvgIpc) is 1.91. The van der Waals surface area contributed by atoms with Gasteiger partial charge in [0, 0.05) is 0 Å². The molecule has 1 atom stereocenters. The molecule has 0 rings (SSSR count). The lowest BCUT2D eigenvalue weighted by Crippen LogP contribution is -2.32. The first-order valence-corrected chi connectivity index (χ1v) is 3.63. The van der Waals surface area contributed by atoms with Crippen molar-refractivity contribution < 1.29 is 15.0 Å². The SMILES string of the molecule is CCN(CC)C(C)O.O=CO. The first-order chi connectivity index (χ1) is 5.13. The maximum atomic E-state index is 8.94. The second-order valence-corrected chi connectivity index (χ2v) is 1.96. The molecule has 0 spiro atoms. The van der Waals surface area contributed by atoms with Gasteiger partial charge in [-0.1, -0.05) is 13.8 Å². The molecule has 0 aromatic heterocycles. The molecule has 0 aromatic carbocycles. The number of carboxylic acid groups (broad SMARTS) is 1. The summed E-state index contributed by atoms with van der Waals surface area (Å²) in [7, 11) is 0. The van der Waals surface area contributed by atoms with E-state index in [1.165, 1.54) is 0 Å². The molecule has 1 unspecified atom stereocenters. The van der Waals surface area contributed by atoms with Crippen LogP contribution in [0.15, 0.2) is 0 Å². The van der Waals surface area contributed by atoms with Crippen molar-refractivity contribution in [2.45, 2.75) is 27.0 Å². The molecule has 0 aliphatic rings. The largest absolute Gasteiger partial charge is 0.483 e. The van der Waals surface area contributed by atoms with E-state index in [1.54, 1.807) is 6.92 Å². The summed E-state index contributed by atoms with van der Waals surface area (Å²) in [4.78, 5) is 10.3. The lowest BCUT2D eigenvalue weighted by Gasteiger charge is -2.20. The fraction of sp³-hybridized carbons (Fsp3) is 0.857. The van der Waals surface area contributed by atoms with Gasteiger partial charge in [0.05, 0.1) is 0 Å². The van der Waals surface area contributed by atoms with Crippen molar-refractivity contribution in [3.63, 3.8) is 0 Å². The van der Waals surface area contributed by atoms with Crippen LogP contribution in [-0.2, 0) is 4.79 Å². The minimum absolute atomic E-state index is 0.250. The van der Waals surface area contributed by atoms with Gasteiger partial charge in [0.2, 0.25) is 0 Å². The Bertz CT molecular complexity index is 81.8. The maximum Gasteiger partial charge on any atom is 0.290 e. The standard InChI is InChI=1S/C6H15NO.CH2O2/c1-4-7(5-2)6(3)8;2-1-3/h6,8H,4-5H2,1-3H3;1H,(H,2,3). The Morgan fingerprint density at radius 3 is 1.73 bits per heavy atom. The zero-order valence-electron chi connectivity index (χ0n) is 7.32. The highest BCUT2D eigenvalue weighted by molar-refractivity contribution is 5.32. The van der Waals surface area contributed by atoms with Crippen LogP contribution in [0.5, 0.6) is 0 Å². The molecule has 0 heterocycles. The van der Waals surface area contributed by atoms with E-state index in [-0.39, 0.29) is 12.7 Å². The quantitative estimate of drug-likeness (QED) is 0.466. The zero-order chi connectivity index (χ0) is 9.28. The van der Waals surface area contributed by atoms with Gasteiger partial charge in [-0.3, -0.25) is 9.69 Å². The molecule has 0 aliphatic heterocycles. The molecule has 0 radical (unpaired) electrons. The summed E-state index contributed by atoms with van der Waals surface area (Å²) in [6.45, 7) is 7.46. The maximum absolute atomic E-state index is 8.94. The Labute approximate surface area is 67.4 Å². The molecular weight excluding hydrogens is 146 g/mol. The van der Waals surface area contributed by atoms with Crippen molar-refractivity contribution in [2.75, 3.05) is 13.1 Å². The van der Waals surface area contributed by atoms with Crippen LogP contribution in [0.2, 0.25) is 0 Å². The van der Waals surface area contributed by atoms with Gasteiger partial charge in [-0.05, 0) is 20.0 Å². The number of hydrogen-bond acceptors (Lipinski definition) is 3. The van der Waals surface area contributed by atoms with Crippen molar-refractivity contribution in [1.82, 2.24) is 4.90 Å². The van der Waals surface area contributed by atoms with E-state index in [9.17, 15) is 0 Å². The Morgan fingerprint density at radius 2 is 1.73 bits per heavy atom. The van der Waals surface area contributed by atoms with Crippen molar-refractivity contribution >= 4 is 6.47 Å². The Morgan fingerprint density at radius 1 is 1.45 bits per heavy atom. The number of hydrogen-bond donors (Lipinski definition) is 2. The topological polar surface area (TPSA) is 60.8 Å². The highest BCUT2D eigenvalue weighted by Gasteiger charge is 2.02. The molecule has 0 amide bonds. The van der Waals surface area contributed by atoms with E-state index in [1.807, 2.05) is 18.7 Å². The molecule has 68 valence electrons. The van der Waals surface area contributed by atoms with E-state index < -0.39 is 0 Å². The Balaban J connectivity index is 0. The van der Waals surface area contributed by atoms with Crippen molar-refractivity contribution in [1.29, 1.82) is 0 Å². The normalized spacial score (nSPS) is 11.7. The van der Waals surface area contributed by atoms with Crippen molar-refractivity contribution in [3.05, 3.63) is 0 Å². The minimum Gasteiger partial charge on any atom is -0.483 e. The van der Waals surface area contributed by atoms with Crippen LogP contribution in [0.3, 0.4) is 0 Å². The van der Waals surface area contributed by atoms with Gasteiger partial charge < -0.3 is 10.2 Å². The molecule has 0 aromatic rings. The molecule has 4 heteroatoms. The van der Waals surface area contributed by atoms with Gasteiger partial charge in [0.25, 0.3) is 6.47 Å². The van der Waals surface area contributed by atoms with Gasteiger partial charge in [-0.2, -0.15) is 0 Å². The van der Waals surface area contributed by atoms with Crippen molar-refractivity contribution in [2.24, 2.45) is 0 Å². The van der Waals surface area contributed by atoms with E-state index in [2.05, 4.69) is 0 Å². The van der Waals surface area contributed by atoms with E-state index in [0.717, 1.165) is 13.1 Å². The second-order valence-electron chi connectivity index (χ2n) is 1.96. The lowest BCUT2D eigenvalue weighted by atomic mass is 10.5. The molecule has 0 bridgehead atoms. The molecular formula is C7H17NO3. The van der Waals surface area contributed by atoms with Gasteiger partial charge in [-0.25, -0.2) is 0 Å². The summed E-state index contributed by atoms with van der Waals surface area (Å²) >= 11 is 0. The summed E-state index contributed by atoms with van der Waals surface area (Å²) in [5.74, 6) is 0. The summed E-state index contributed by atoms with van der Waals surface area (Å²) in [5, 5.41) is 15.8. The molecule has 0 saturated heterocycles. The van der Waals surface area contributed by atoms with Crippen LogP contribution in [0.25, 0.3) is 0 Å². The monoisotopic (exact) mass is 163 g/mol. The number of nitrogens with zero attached hydrogens (tertiary/aromatic N) is 1. The van der Waals surface area contributed by atoms with Crippen LogP contribution >= 0.6 is 0 Å². The predicted octanol–water partition coefficient (Wildman–Crippen LogP) is 0.367. The molecule has 11 heavy (non-hydrogen) atoms. The zero-order valence-corrected chi connectivity index (χ0v) is 7.32. The van der Waals surface area contributed by atoms with Crippen LogP contribution in [0, 0.1) is 0 Å². The van der Waals surface area contributed by atoms with Crippen LogP contribution in [0.1, 0.15) is 20.8 Å². The number of aliphatic hydroxyl groups excluding tert-OH is 1. The second kappa shape index (κ2) is 9.39. The first kappa shape index (κ1) is 13.0. The van der Waals surface area contributed by atoms with Gasteiger partial charge in [0.15, 0.2) is 0 Å². The first-order valence-electron chi connectivity index (χ1n) is 3.63. The number of carbonyl (C=O) groups is 1. The predicted molar refractivity (Wildman–Crippen MR) is 43.3 cm³/mol. The third kappa shape index (κ3) is 9.39. The minimum atomic E-state index is -0.287. The number of aliphatic hydroxyl groups is 1. The number of rotatable bonds is 3. The van der Waals surface area contributed by atoms with Crippen LogP contribution < -0.4 is 0 Å². The van der Waals surface area contributed by atoms with Gasteiger partial charge in [0.1, 0.15) is 6.23 Å². The van der Waals surface area contributed by atoms with E-state index in [0.29, 0.717) is 0 Å². The highest BCUT2D eigenvalue weighted by atomic mass is 16.3. The molecule has 0 fully saturated rings. The molecule has 0 saturated carbocycles.